The van der Waals surface area contributed by atoms with Crippen LogP contribution in [0.15, 0.2) is 117 Å². The number of nitrogens with one attached hydrogen (secondary N) is 4. The smallest absolute Gasteiger partial charge is 0.405 e. The highest BCUT2D eigenvalue weighted by Gasteiger charge is 2.36. The highest BCUT2D eigenvalue weighted by atomic mass is 32.2. The third-order valence-electron chi connectivity index (χ3n) is 14.3. The van der Waals surface area contributed by atoms with Crippen LogP contribution in [0.4, 0.5) is 9.59 Å². The maximum Gasteiger partial charge on any atom is 0.405 e. The van der Waals surface area contributed by atoms with Crippen LogP contribution in [0.3, 0.4) is 0 Å². The van der Waals surface area contributed by atoms with Gasteiger partial charge in [-0.1, -0.05) is 76.3 Å². The number of carbonyl (C=O) groups is 10. The van der Waals surface area contributed by atoms with Crippen molar-refractivity contribution in [3.8, 4) is 0 Å². The Bertz CT molecular complexity index is 2670. The minimum atomic E-state index is -1.07. The molecule has 0 unspecified atom stereocenters. The van der Waals surface area contributed by atoms with E-state index in [2.05, 4.69) is 21.3 Å². The zero-order valence-corrected chi connectivity index (χ0v) is 50.1. The quantitative estimate of drug-likeness (QED) is 0.0768. The average Bonchev–Trinajstić information content (AvgIpc) is 3.61. The predicted octanol–water partition coefficient (Wildman–Crippen LogP) is 4.87. The number of primary amides is 2. The maximum absolute atomic E-state index is 14.3. The monoisotopic (exact) mass is 1170 g/mol. The molecular weight excluding hydrogens is 1090 g/mol. The van der Waals surface area contributed by atoms with Crippen molar-refractivity contribution in [2.75, 3.05) is 53.0 Å². The lowest BCUT2D eigenvalue weighted by Crippen LogP contribution is -2.37. The first-order chi connectivity index (χ1) is 39.3. The van der Waals surface area contributed by atoms with Crippen LogP contribution in [0.5, 0.6) is 0 Å². The van der Waals surface area contributed by atoms with Crippen molar-refractivity contribution in [3.63, 3.8) is 0 Å². The molecule has 0 aromatic rings. The van der Waals surface area contributed by atoms with Crippen molar-refractivity contribution in [2.24, 2.45) is 35.1 Å². The van der Waals surface area contributed by atoms with E-state index in [1.807, 2.05) is 13.8 Å². The minimum Gasteiger partial charge on any atom is -0.439 e. The Morgan fingerprint density at radius 1 is 0.578 bits per heavy atom. The summed E-state index contributed by atoms with van der Waals surface area (Å²) in [5.74, 6) is -5.70. The summed E-state index contributed by atoms with van der Waals surface area (Å²) in [6, 6.07) is 0. The van der Waals surface area contributed by atoms with Gasteiger partial charge in [-0.2, -0.15) is 11.8 Å². The number of ether oxygens (including phenoxy) is 6. The van der Waals surface area contributed by atoms with Crippen molar-refractivity contribution >= 4 is 70.5 Å². The molecule has 23 heteroatoms. The first-order valence-electron chi connectivity index (χ1n) is 27.2. The van der Waals surface area contributed by atoms with Crippen molar-refractivity contribution in [3.05, 3.63) is 117 Å². The molecule has 10 atom stereocenters. The van der Waals surface area contributed by atoms with Gasteiger partial charge in [-0.3, -0.25) is 38.4 Å². The summed E-state index contributed by atoms with van der Waals surface area (Å²) in [4.78, 5) is 135. The van der Waals surface area contributed by atoms with E-state index in [1.54, 1.807) is 39.8 Å². The molecule has 0 saturated carbocycles. The standard InChI is InChI=1S/C60H80N6O16S/c1-31-23-39-49(43(67)29-41(53(39)71)65-57(73)33(3)15-13-17-45(77-9)55(81-59(61)75)37(7)27-35(5)51(69)47(25-31)79-11)63-19-21-83-22-20-64-50-40-24-32(2)26-48(80-12)52(70)36(6)28-38(8)56(82-60(62)76)46(78-10)18-14-16-34(4)58(74)66-42(54(40)72)30-44(50)68/h13-18,27-32,35-36,45-48,55-56,63-64H,19-26H2,1-12H3,(H2,61,75)(H2,62,76)(H,65,73)(H,66,74)/b17-13-,18-14+,33-15+,34-16-,37-27+,38-28+/t31-,32-,35+,36+,45+,46+,47+,48+,55+,56+/m1/s1. The molecule has 2 heterocycles. The number of hydrogen-bond acceptors (Lipinski definition) is 19. The van der Waals surface area contributed by atoms with Crippen LogP contribution in [0, 0.1) is 23.7 Å². The highest BCUT2D eigenvalue weighted by Crippen LogP contribution is 2.30. The summed E-state index contributed by atoms with van der Waals surface area (Å²) in [6.45, 7) is 13.7. The molecule has 4 rings (SSSR count). The second-order valence-electron chi connectivity index (χ2n) is 20.9. The second-order valence-corrected chi connectivity index (χ2v) is 22.1. The molecule has 0 spiro atoms. The van der Waals surface area contributed by atoms with Crippen molar-refractivity contribution in [1.82, 2.24) is 21.3 Å². The molecule has 0 aromatic carbocycles. The van der Waals surface area contributed by atoms with Gasteiger partial charge in [-0.25, -0.2) is 9.59 Å². The van der Waals surface area contributed by atoms with E-state index in [0.717, 1.165) is 12.2 Å². The molecule has 0 aromatic heterocycles. The Morgan fingerprint density at radius 2 is 0.940 bits per heavy atom. The normalized spacial score (nSPS) is 30.4. The van der Waals surface area contributed by atoms with Crippen molar-refractivity contribution < 1.29 is 76.4 Å². The molecule has 0 fully saturated rings. The molecule has 0 saturated heterocycles. The summed E-state index contributed by atoms with van der Waals surface area (Å²) in [6.07, 6.45) is 6.86. The van der Waals surface area contributed by atoms with Gasteiger partial charge < -0.3 is 61.2 Å². The Kier molecular flexibility index (Phi) is 26.7. The van der Waals surface area contributed by atoms with E-state index >= 15 is 0 Å². The van der Waals surface area contributed by atoms with Gasteiger partial charge in [0.25, 0.3) is 11.8 Å². The molecule has 2 aliphatic carbocycles. The van der Waals surface area contributed by atoms with Crippen molar-refractivity contribution in [2.45, 2.75) is 118 Å². The van der Waals surface area contributed by atoms with Gasteiger partial charge in [-0.05, 0) is 76.4 Å². The number of hydrogen-bond donors (Lipinski definition) is 6. The van der Waals surface area contributed by atoms with Gasteiger partial charge in [-0.15, -0.1) is 0 Å². The second kappa shape index (κ2) is 32.5. The van der Waals surface area contributed by atoms with Crippen LogP contribution < -0.4 is 32.7 Å². The molecule has 83 heavy (non-hydrogen) atoms. The van der Waals surface area contributed by atoms with Crippen molar-refractivity contribution in [1.29, 1.82) is 0 Å². The lowest BCUT2D eigenvalue weighted by molar-refractivity contribution is -0.132. The summed E-state index contributed by atoms with van der Waals surface area (Å²) in [5, 5.41) is 11.4. The molecule has 2 aliphatic heterocycles. The van der Waals surface area contributed by atoms with E-state index < -0.39 is 107 Å². The van der Waals surface area contributed by atoms with Crippen LogP contribution in [0.1, 0.15) is 81.1 Å². The fraction of sp³-hybridized carbons (Fsp3) is 0.500. The number of rotatable bonds is 14. The molecule has 8 N–H and O–H groups in total. The van der Waals surface area contributed by atoms with Gasteiger partial charge in [0.1, 0.15) is 24.4 Å². The Morgan fingerprint density at radius 3 is 1.27 bits per heavy atom. The molecule has 22 nitrogen and oxygen atoms in total. The van der Waals surface area contributed by atoms with E-state index in [-0.39, 0.29) is 95.4 Å². The van der Waals surface area contributed by atoms with Gasteiger partial charge in [0.15, 0.2) is 23.8 Å². The molecule has 0 radical (unpaired) electrons. The number of allylic oxidation sites excluding steroid dienone is 10. The number of methoxy groups -OCH3 is 4. The number of amides is 4. The number of Topliss-reactive ketones (excluding diaryl/α,β-unsaturated/α-hetero) is 4. The molecule has 4 bridgehead atoms. The third-order valence-corrected chi connectivity index (χ3v) is 15.3. The SMILES string of the molecule is CO[C@H]1C[C@H](C)CC2=C(NCCSCCNC3=C4C[C@@H](C)C[C@H](OC)C(=O)[C@@H](C)/C=C(\C)[C@H](OC(N)=O)[C@@H](OC)/C=C\C=C(/C)C(=O)NC(=CC3=O)C4=O)C(=O)C=C(NC(=O)/C(C)=C\C=C\[C@H](OC)[C@@H](OC(N)=O)/C(C)=C/[C@H](C)C1=O)C2=O. The first kappa shape index (κ1) is 68.2. The third kappa shape index (κ3) is 19.4. The van der Waals surface area contributed by atoms with Gasteiger partial charge >= 0.3 is 12.2 Å². The Balaban J connectivity index is 1.56. The molecule has 4 aliphatic rings. The molecule has 4 amide bonds. The average molecular weight is 1170 g/mol. The summed E-state index contributed by atoms with van der Waals surface area (Å²) >= 11 is 1.44. The summed E-state index contributed by atoms with van der Waals surface area (Å²) in [7, 11) is 5.57. The predicted molar refractivity (Wildman–Crippen MR) is 310 cm³/mol. The number of thioether (sulfide) groups is 1. The number of nitrogens with two attached hydrogens (primary N) is 2. The van der Waals surface area contributed by atoms with Crippen LogP contribution in [-0.2, 0) is 66.8 Å². The molecular formula is C60H80N6O16S. The van der Waals surface area contributed by atoms with Gasteiger partial charge in [0.2, 0.25) is 23.1 Å². The number of carbonyl (C=O) groups excluding carboxylic acids is 10. The maximum atomic E-state index is 14.3. The van der Waals surface area contributed by atoms with E-state index in [9.17, 15) is 47.9 Å². The lowest BCUT2D eigenvalue weighted by Gasteiger charge is -2.26. The topological polar surface area (TPSA) is 326 Å². The lowest BCUT2D eigenvalue weighted by atomic mass is 9.85. The Labute approximate surface area is 489 Å². The zero-order valence-electron chi connectivity index (χ0n) is 49.3. The highest BCUT2D eigenvalue weighted by molar-refractivity contribution is 7.99. The van der Waals surface area contributed by atoms with Crippen LogP contribution in [-0.4, -0.2) is 148 Å². The van der Waals surface area contributed by atoms with Crippen LogP contribution in [0.25, 0.3) is 0 Å². The van der Waals surface area contributed by atoms with E-state index in [0.29, 0.717) is 22.7 Å². The van der Waals surface area contributed by atoms with Crippen LogP contribution >= 0.6 is 11.8 Å². The van der Waals surface area contributed by atoms with Gasteiger partial charge in [0, 0.05) is 99.3 Å². The number of fused-ring (bicyclic) bond motifs is 4. The fourth-order valence-electron chi connectivity index (χ4n) is 9.84. The van der Waals surface area contributed by atoms with E-state index in [4.69, 9.17) is 39.9 Å². The fourth-order valence-corrected chi connectivity index (χ4v) is 10.5. The number of ketones is 6. The zero-order chi connectivity index (χ0) is 61.8. The first-order valence-corrected chi connectivity index (χ1v) is 28.4. The largest absolute Gasteiger partial charge is 0.439 e. The Hall–Kier alpha value is -7.31. The van der Waals surface area contributed by atoms with Crippen LogP contribution in [0.2, 0.25) is 0 Å². The summed E-state index contributed by atoms with van der Waals surface area (Å²) < 4.78 is 33.4. The van der Waals surface area contributed by atoms with E-state index in [1.165, 1.54) is 90.5 Å². The van der Waals surface area contributed by atoms with Gasteiger partial charge in [0.05, 0.1) is 22.8 Å². The minimum absolute atomic E-state index is 0.0230. The summed E-state index contributed by atoms with van der Waals surface area (Å²) in [5.41, 5.74) is 11.9. The molecule has 452 valence electrons.